The van der Waals surface area contributed by atoms with Gasteiger partial charge in [0.15, 0.2) is 0 Å². The van der Waals surface area contributed by atoms with E-state index in [-0.39, 0.29) is 17.9 Å². The van der Waals surface area contributed by atoms with Crippen LogP contribution in [0.15, 0.2) is 12.1 Å². The lowest BCUT2D eigenvalue weighted by Crippen LogP contribution is -2.31. The van der Waals surface area contributed by atoms with E-state index in [1.165, 1.54) is 4.88 Å². The highest BCUT2D eigenvalue weighted by molar-refractivity contribution is 7.12. The van der Waals surface area contributed by atoms with Crippen LogP contribution in [0, 0.1) is 18.8 Å². The van der Waals surface area contributed by atoms with Crippen molar-refractivity contribution < 1.29 is 14.7 Å². The maximum absolute atomic E-state index is 12.1. The quantitative estimate of drug-likeness (QED) is 0.910. The van der Waals surface area contributed by atoms with E-state index in [4.69, 9.17) is 5.11 Å². The van der Waals surface area contributed by atoms with Crippen molar-refractivity contribution in [1.82, 2.24) is 4.90 Å². The Morgan fingerprint density at radius 1 is 1.44 bits per heavy atom. The Labute approximate surface area is 110 Å². The van der Waals surface area contributed by atoms with Crippen LogP contribution in [0.3, 0.4) is 0 Å². The van der Waals surface area contributed by atoms with Crippen LogP contribution in [0.4, 0.5) is 0 Å². The molecule has 0 spiro atoms. The van der Waals surface area contributed by atoms with Crippen molar-refractivity contribution >= 4 is 23.2 Å². The number of amides is 1. The van der Waals surface area contributed by atoms with E-state index in [1.54, 1.807) is 23.3 Å². The lowest BCUT2D eigenvalue weighted by molar-refractivity contribution is -0.142. The van der Waals surface area contributed by atoms with Crippen molar-refractivity contribution in [3.8, 4) is 0 Å². The van der Waals surface area contributed by atoms with Gasteiger partial charge in [-0.05, 0) is 32.4 Å². The molecule has 98 valence electrons. The Balaban J connectivity index is 2.01. The first kappa shape index (κ1) is 13.1. The highest BCUT2D eigenvalue weighted by Gasteiger charge is 2.49. The normalized spacial score (nSPS) is 23.5. The zero-order chi connectivity index (χ0) is 13.4. The third kappa shape index (κ3) is 2.41. The van der Waals surface area contributed by atoms with Crippen LogP contribution in [-0.2, 0) is 9.59 Å². The zero-order valence-electron chi connectivity index (χ0n) is 10.7. The van der Waals surface area contributed by atoms with E-state index in [0.29, 0.717) is 6.42 Å². The Morgan fingerprint density at radius 3 is 2.56 bits per heavy atom. The van der Waals surface area contributed by atoms with Gasteiger partial charge in [0.25, 0.3) is 0 Å². The minimum atomic E-state index is -0.860. The van der Waals surface area contributed by atoms with Gasteiger partial charge in [0.05, 0.1) is 17.9 Å². The molecule has 1 aromatic rings. The number of aliphatic carboxylic acids is 1. The summed E-state index contributed by atoms with van der Waals surface area (Å²) in [5, 5.41) is 8.84. The van der Waals surface area contributed by atoms with E-state index in [1.807, 2.05) is 26.0 Å². The molecule has 3 atom stereocenters. The molecule has 1 aromatic heterocycles. The number of aryl methyl sites for hydroxylation is 1. The van der Waals surface area contributed by atoms with Crippen LogP contribution >= 0.6 is 11.3 Å². The molecule has 1 unspecified atom stereocenters. The van der Waals surface area contributed by atoms with Crippen molar-refractivity contribution in [2.45, 2.75) is 26.3 Å². The molecule has 0 bridgehead atoms. The van der Waals surface area contributed by atoms with E-state index < -0.39 is 11.9 Å². The summed E-state index contributed by atoms with van der Waals surface area (Å²) in [5.74, 6) is -1.71. The molecular formula is C13H17NO3S. The summed E-state index contributed by atoms with van der Waals surface area (Å²) < 4.78 is 0. The van der Waals surface area contributed by atoms with Crippen LogP contribution in [0.1, 0.15) is 29.1 Å². The predicted octanol–water partition coefficient (Wildman–Crippen LogP) is 2.30. The second-order valence-electron chi connectivity index (χ2n) is 4.86. The molecule has 5 heteroatoms. The minimum Gasteiger partial charge on any atom is -0.481 e. The molecule has 1 N–H and O–H groups in total. The summed E-state index contributed by atoms with van der Waals surface area (Å²) in [6.07, 6.45) is 0.481. The van der Waals surface area contributed by atoms with Crippen LogP contribution in [0.25, 0.3) is 0 Å². The number of carboxylic acid groups (broad SMARTS) is 1. The molecule has 0 aliphatic heterocycles. The third-order valence-electron chi connectivity index (χ3n) is 3.53. The lowest BCUT2D eigenvalue weighted by Gasteiger charge is -2.24. The molecule has 1 heterocycles. The van der Waals surface area contributed by atoms with E-state index in [9.17, 15) is 9.59 Å². The molecule has 4 nitrogen and oxygen atoms in total. The van der Waals surface area contributed by atoms with Gasteiger partial charge in [-0.25, -0.2) is 0 Å². The topological polar surface area (TPSA) is 57.6 Å². The Hall–Kier alpha value is -1.36. The van der Waals surface area contributed by atoms with Gasteiger partial charge in [0, 0.05) is 16.8 Å². The van der Waals surface area contributed by atoms with Gasteiger partial charge in [-0.15, -0.1) is 11.3 Å². The third-order valence-corrected chi connectivity index (χ3v) is 4.70. The summed E-state index contributed by atoms with van der Waals surface area (Å²) in [4.78, 5) is 26.9. The smallest absolute Gasteiger partial charge is 0.307 e. The number of rotatable bonds is 4. The Bertz CT molecular complexity index is 482. The van der Waals surface area contributed by atoms with E-state index in [2.05, 4.69) is 0 Å². The number of hydrogen-bond donors (Lipinski definition) is 1. The SMILES string of the molecule is Cc1ccc(C(C)N(C)C(=O)[C@@H]2C[C@@H]2C(=O)O)s1. The fraction of sp³-hybridized carbons (Fsp3) is 0.538. The van der Waals surface area contributed by atoms with Gasteiger partial charge in [-0.2, -0.15) is 0 Å². The summed E-state index contributed by atoms with van der Waals surface area (Å²) in [7, 11) is 1.75. The van der Waals surface area contributed by atoms with E-state index >= 15 is 0 Å². The summed E-state index contributed by atoms with van der Waals surface area (Å²) >= 11 is 1.67. The number of nitrogens with zero attached hydrogens (tertiary/aromatic N) is 1. The molecule has 0 saturated heterocycles. The predicted molar refractivity (Wildman–Crippen MR) is 69.5 cm³/mol. The zero-order valence-corrected chi connectivity index (χ0v) is 11.5. The minimum absolute atomic E-state index is 0.00578. The van der Waals surface area contributed by atoms with Crippen LogP contribution < -0.4 is 0 Å². The first-order chi connectivity index (χ1) is 8.41. The standard InChI is InChI=1S/C13H17NO3S/c1-7-4-5-11(18-7)8(2)14(3)12(15)9-6-10(9)13(16)17/h4-5,8-10H,6H2,1-3H3,(H,16,17)/t8?,9-,10+/m1/s1. The highest BCUT2D eigenvalue weighted by atomic mass is 32.1. The van der Waals surface area contributed by atoms with Crippen LogP contribution in [0.2, 0.25) is 0 Å². The lowest BCUT2D eigenvalue weighted by atomic mass is 10.2. The molecule has 1 fully saturated rings. The highest BCUT2D eigenvalue weighted by Crippen LogP contribution is 2.41. The van der Waals surface area contributed by atoms with Crippen molar-refractivity contribution in [2.24, 2.45) is 11.8 Å². The molecule has 1 aliphatic rings. The maximum Gasteiger partial charge on any atom is 0.307 e. The van der Waals surface area contributed by atoms with Crippen molar-refractivity contribution in [1.29, 1.82) is 0 Å². The molecular weight excluding hydrogens is 250 g/mol. The molecule has 0 aromatic carbocycles. The molecule has 0 radical (unpaired) electrons. The van der Waals surface area contributed by atoms with Crippen LogP contribution in [-0.4, -0.2) is 28.9 Å². The summed E-state index contributed by atoms with van der Waals surface area (Å²) in [5.41, 5.74) is 0. The number of hydrogen-bond acceptors (Lipinski definition) is 3. The Morgan fingerprint density at radius 2 is 2.11 bits per heavy atom. The molecule has 1 aliphatic carbocycles. The van der Waals surface area contributed by atoms with Crippen molar-refractivity contribution in [3.05, 3.63) is 21.9 Å². The fourth-order valence-corrected chi connectivity index (χ4v) is 3.03. The van der Waals surface area contributed by atoms with Gasteiger partial charge in [0.2, 0.25) is 5.91 Å². The maximum atomic E-state index is 12.1. The second kappa shape index (κ2) is 4.72. The molecule has 1 amide bonds. The summed E-state index contributed by atoms with van der Waals surface area (Å²) in [6, 6.07) is 4.06. The average molecular weight is 267 g/mol. The second-order valence-corrected chi connectivity index (χ2v) is 6.18. The molecule has 1 saturated carbocycles. The van der Waals surface area contributed by atoms with Crippen molar-refractivity contribution in [2.75, 3.05) is 7.05 Å². The first-order valence-electron chi connectivity index (χ1n) is 5.97. The van der Waals surface area contributed by atoms with Gasteiger partial charge in [-0.1, -0.05) is 0 Å². The van der Waals surface area contributed by atoms with Gasteiger partial charge in [0.1, 0.15) is 0 Å². The Kier molecular flexibility index (Phi) is 3.43. The monoisotopic (exact) mass is 267 g/mol. The summed E-state index contributed by atoms with van der Waals surface area (Å²) in [6.45, 7) is 4.01. The average Bonchev–Trinajstić information content (AvgIpc) is 3.02. The van der Waals surface area contributed by atoms with Gasteiger partial charge >= 0.3 is 5.97 Å². The van der Waals surface area contributed by atoms with Crippen molar-refractivity contribution in [3.63, 3.8) is 0 Å². The van der Waals surface area contributed by atoms with Gasteiger partial charge in [-0.3, -0.25) is 9.59 Å². The number of carboxylic acids is 1. The number of thiophene rings is 1. The van der Waals surface area contributed by atoms with Gasteiger partial charge < -0.3 is 10.0 Å². The number of carbonyl (C=O) groups excluding carboxylic acids is 1. The van der Waals surface area contributed by atoms with Crippen LogP contribution in [0.5, 0.6) is 0 Å². The molecule has 18 heavy (non-hydrogen) atoms. The molecule has 2 rings (SSSR count). The largest absolute Gasteiger partial charge is 0.481 e. The fourth-order valence-electron chi connectivity index (χ4n) is 2.06. The first-order valence-corrected chi connectivity index (χ1v) is 6.79. The number of carbonyl (C=O) groups is 2. The van der Waals surface area contributed by atoms with E-state index in [0.717, 1.165) is 4.88 Å².